The number of methoxy groups -OCH3 is 1. The number of para-hydroxylation sites is 1. The quantitative estimate of drug-likeness (QED) is 0.826. The molecule has 0 aliphatic carbocycles. The van der Waals surface area contributed by atoms with Crippen molar-refractivity contribution in [2.75, 3.05) is 20.3 Å². The lowest BCUT2D eigenvalue weighted by Crippen LogP contribution is -2.28. The second kappa shape index (κ2) is 7.01. The monoisotopic (exact) mass is 260 g/mol. The average Bonchev–Trinajstić information content (AvgIpc) is 2.93. The molecule has 102 valence electrons. The van der Waals surface area contributed by atoms with Crippen LogP contribution in [0.4, 0.5) is 0 Å². The topological polar surface area (TPSA) is 52.0 Å². The highest BCUT2D eigenvalue weighted by Gasteiger charge is 2.17. The molecule has 0 bridgehead atoms. The van der Waals surface area contributed by atoms with E-state index in [0.717, 1.165) is 24.3 Å². The summed E-state index contributed by atoms with van der Waals surface area (Å²) in [4.78, 5) is 0. The number of rotatable bonds is 7. The zero-order valence-corrected chi connectivity index (χ0v) is 11.4. The minimum absolute atomic E-state index is 0.0974. The van der Waals surface area contributed by atoms with E-state index in [9.17, 15) is 0 Å². The molecule has 0 aliphatic heterocycles. The van der Waals surface area contributed by atoms with Gasteiger partial charge in [0.05, 0.1) is 30.2 Å². The third-order valence-corrected chi connectivity index (χ3v) is 2.91. The van der Waals surface area contributed by atoms with E-state index in [4.69, 9.17) is 4.74 Å². The zero-order valence-electron chi connectivity index (χ0n) is 11.4. The minimum Gasteiger partial charge on any atom is -0.383 e. The van der Waals surface area contributed by atoms with Crippen molar-refractivity contribution in [3.8, 4) is 5.69 Å². The van der Waals surface area contributed by atoms with Gasteiger partial charge in [0.25, 0.3) is 0 Å². The first kappa shape index (κ1) is 13.7. The third kappa shape index (κ3) is 3.39. The van der Waals surface area contributed by atoms with E-state index >= 15 is 0 Å². The molecule has 1 aromatic carbocycles. The van der Waals surface area contributed by atoms with E-state index in [1.807, 2.05) is 35.0 Å². The van der Waals surface area contributed by atoms with Crippen molar-refractivity contribution in [3.05, 3.63) is 42.2 Å². The van der Waals surface area contributed by atoms with Gasteiger partial charge in [-0.2, -0.15) is 0 Å². The van der Waals surface area contributed by atoms with Crippen LogP contribution < -0.4 is 5.32 Å². The lowest BCUT2D eigenvalue weighted by atomic mass is 10.2. The highest BCUT2D eigenvalue weighted by atomic mass is 16.5. The molecule has 2 aromatic rings. The van der Waals surface area contributed by atoms with Crippen LogP contribution >= 0.6 is 0 Å². The summed E-state index contributed by atoms with van der Waals surface area (Å²) >= 11 is 0. The van der Waals surface area contributed by atoms with Crippen LogP contribution in [-0.4, -0.2) is 35.3 Å². The van der Waals surface area contributed by atoms with Crippen molar-refractivity contribution in [2.24, 2.45) is 0 Å². The van der Waals surface area contributed by atoms with Gasteiger partial charge in [-0.25, -0.2) is 4.68 Å². The molecular formula is C14H20N4O. The van der Waals surface area contributed by atoms with Crippen LogP contribution in [0.3, 0.4) is 0 Å². The van der Waals surface area contributed by atoms with Crippen LogP contribution in [-0.2, 0) is 4.74 Å². The Morgan fingerprint density at radius 1 is 1.32 bits per heavy atom. The van der Waals surface area contributed by atoms with Gasteiger partial charge in [-0.15, -0.1) is 5.10 Å². The van der Waals surface area contributed by atoms with Gasteiger partial charge in [0.1, 0.15) is 0 Å². The minimum atomic E-state index is 0.0974. The molecule has 1 heterocycles. The largest absolute Gasteiger partial charge is 0.383 e. The Hall–Kier alpha value is -1.72. The molecule has 19 heavy (non-hydrogen) atoms. The van der Waals surface area contributed by atoms with Crippen LogP contribution in [0.15, 0.2) is 36.5 Å². The van der Waals surface area contributed by atoms with Crippen molar-refractivity contribution in [1.29, 1.82) is 0 Å². The molecule has 0 saturated heterocycles. The van der Waals surface area contributed by atoms with Gasteiger partial charge in [0, 0.05) is 7.11 Å². The molecule has 1 aromatic heterocycles. The fourth-order valence-corrected chi connectivity index (χ4v) is 1.98. The highest BCUT2D eigenvalue weighted by molar-refractivity contribution is 5.32. The van der Waals surface area contributed by atoms with Gasteiger partial charge >= 0.3 is 0 Å². The Labute approximate surface area is 113 Å². The number of hydrogen-bond donors (Lipinski definition) is 1. The maximum absolute atomic E-state index is 5.28. The van der Waals surface area contributed by atoms with E-state index in [1.54, 1.807) is 13.3 Å². The van der Waals surface area contributed by atoms with E-state index < -0.39 is 0 Å². The standard InChI is InChI=1S/C14H20N4O/c1-3-9-15-13(11-19-2)14-10-16-17-18(14)12-7-5-4-6-8-12/h4-8,10,13,15H,3,9,11H2,1-2H3. The molecule has 1 N–H and O–H groups in total. The fraction of sp³-hybridized carbons (Fsp3) is 0.429. The second-order valence-corrected chi connectivity index (χ2v) is 4.37. The van der Waals surface area contributed by atoms with E-state index in [2.05, 4.69) is 22.6 Å². The second-order valence-electron chi connectivity index (χ2n) is 4.37. The molecule has 0 fully saturated rings. The van der Waals surface area contributed by atoms with Crippen molar-refractivity contribution in [3.63, 3.8) is 0 Å². The molecule has 0 radical (unpaired) electrons. The number of hydrogen-bond acceptors (Lipinski definition) is 4. The molecule has 5 heteroatoms. The van der Waals surface area contributed by atoms with Gasteiger partial charge < -0.3 is 10.1 Å². The molecule has 2 rings (SSSR count). The Balaban J connectivity index is 2.26. The zero-order chi connectivity index (χ0) is 13.5. The van der Waals surface area contributed by atoms with E-state index in [0.29, 0.717) is 6.61 Å². The molecule has 1 unspecified atom stereocenters. The first-order valence-electron chi connectivity index (χ1n) is 6.55. The van der Waals surface area contributed by atoms with Crippen molar-refractivity contribution >= 4 is 0 Å². The van der Waals surface area contributed by atoms with Crippen LogP contribution in [0.1, 0.15) is 25.1 Å². The molecule has 0 saturated carbocycles. The molecule has 1 atom stereocenters. The maximum Gasteiger partial charge on any atom is 0.0838 e. The Morgan fingerprint density at radius 3 is 2.79 bits per heavy atom. The summed E-state index contributed by atoms with van der Waals surface area (Å²) in [5.41, 5.74) is 2.02. The number of nitrogens with one attached hydrogen (secondary N) is 1. The summed E-state index contributed by atoms with van der Waals surface area (Å²) in [6.07, 6.45) is 2.87. The normalized spacial score (nSPS) is 12.5. The van der Waals surface area contributed by atoms with Crippen LogP contribution in [0.2, 0.25) is 0 Å². The summed E-state index contributed by atoms with van der Waals surface area (Å²) in [6, 6.07) is 10.1. The van der Waals surface area contributed by atoms with Gasteiger partial charge in [-0.05, 0) is 25.1 Å². The fourth-order valence-electron chi connectivity index (χ4n) is 1.98. The maximum atomic E-state index is 5.28. The van der Waals surface area contributed by atoms with Crippen molar-refractivity contribution < 1.29 is 4.74 Å². The summed E-state index contributed by atoms with van der Waals surface area (Å²) in [5, 5.41) is 11.7. The van der Waals surface area contributed by atoms with Gasteiger partial charge in [-0.1, -0.05) is 30.3 Å². The number of benzene rings is 1. The molecule has 0 spiro atoms. The molecule has 0 aliphatic rings. The molecular weight excluding hydrogens is 240 g/mol. The number of aromatic nitrogens is 3. The van der Waals surface area contributed by atoms with E-state index in [1.165, 1.54) is 0 Å². The van der Waals surface area contributed by atoms with Crippen LogP contribution in [0, 0.1) is 0 Å². The smallest absolute Gasteiger partial charge is 0.0838 e. The summed E-state index contributed by atoms with van der Waals surface area (Å²) in [6.45, 7) is 3.68. The SMILES string of the molecule is CCCNC(COC)c1cnnn1-c1ccccc1. The number of nitrogens with zero attached hydrogens (tertiary/aromatic N) is 3. The molecule has 5 nitrogen and oxygen atoms in total. The van der Waals surface area contributed by atoms with Gasteiger partial charge in [-0.3, -0.25) is 0 Å². The first-order chi connectivity index (χ1) is 9.36. The molecule has 0 amide bonds. The third-order valence-electron chi connectivity index (χ3n) is 2.91. The predicted octanol–water partition coefficient (Wildman–Crippen LogP) is 1.95. The lowest BCUT2D eigenvalue weighted by Gasteiger charge is -2.18. The van der Waals surface area contributed by atoms with Crippen molar-refractivity contribution in [2.45, 2.75) is 19.4 Å². The van der Waals surface area contributed by atoms with Crippen LogP contribution in [0.5, 0.6) is 0 Å². The van der Waals surface area contributed by atoms with Crippen LogP contribution in [0.25, 0.3) is 5.69 Å². The van der Waals surface area contributed by atoms with E-state index in [-0.39, 0.29) is 6.04 Å². The number of ether oxygens (including phenoxy) is 1. The highest BCUT2D eigenvalue weighted by Crippen LogP contribution is 2.16. The van der Waals surface area contributed by atoms with Crippen molar-refractivity contribution in [1.82, 2.24) is 20.3 Å². The Kier molecular flexibility index (Phi) is 5.06. The average molecular weight is 260 g/mol. The van der Waals surface area contributed by atoms with Gasteiger partial charge in [0.2, 0.25) is 0 Å². The summed E-state index contributed by atoms with van der Waals surface area (Å²) in [7, 11) is 1.71. The summed E-state index contributed by atoms with van der Waals surface area (Å²) < 4.78 is 7.14. The van der Waals surface area contributed by atoms with Gasteiger partial charge in [0.15, 0.2) is 0 Å². The Morgan fingerprint density at radius 2 is 2.11 bits per heavy atom. The first-order valence-corrected chi connectivity index (χ1v) is 6.55. The predicted molar refractivity (Wildman–Crippen MR) is 74.3 cm³/mol. The lowest BCUT2D eigenvalue weighted by molar-refractivity contribution is 0.164. The Bertz CT molecular complexity index is 483. The summed E-state index contributed by atoms with van der Waals surface area (Å²) in [5.74, 6) is 0.